The molecule has 21 heavy (non-hydrogen) atoms. The van der Waals surface area contributed by atoms with Crippen molar-refractivity contribution in [3.05, 3.63) is 33.8 Å². The molecule has 1 amide bonds. The lowest BCUT2D eigenvalue weighted by Gasteiger charge is -2.17. The van der Waals surface area contributed by atoms with Gasteiger partial charge in [0.15, 0.2) is 0 Å². The number of nitrogens with zero attached hydrogens (tertiary/aromatic N) is 1. The summed E-state index contributed by atoms with van der Waals surface area (Å²) in [7, 11) is 1.96. The fourth-order valence-corrected chi connectivity index (χ4v) is 3.89. The lowest BCUT2D eigenvalue weighted by Crippen LogP contribution is -2.31. The molecule has 1 aliphatic carbocycles. The van der Waals surface area contributed by atoms with E-state index in [1.54, 1.807) is 6.07 Å². The summed E-state index contributed by atoms with van der Waals surface area (Å²) in [5, 5.41) is 4.51. The zero-order chi connectivity index (χ0) is 15.0. The summed E-state index contributed by atoms with van der Waals surface area (Å²) in [6.45, 7) is 2.76. The van der Waals surface area contributed by atoms with Crippen LogP contribution < -0.4 is 5.32 Å². The second kappa shape index (κ2) is 6.15. The average Bonchev–Trinajstić information content (AvgIpc) is 3.09. The molecule has 0 spiro atoms. The van der Waals surface area contributed by atoms with E-state index in [0.717, 1.165) is 38.0 Å². The first-order chi connectivity index (χ1) is 10.1. The molecule has 1 aliphatic heterocycles. The third kappa shape index (κ3) is 3.20. The molecular formula is C16H20Cl2N2O. The van der Waals surface area contributed by atoms with Crippen LogP contribution in [0.5, 0.6) is 0 Å². The maximum absolute atomic E-state index is 12.6. The van der Waals surface area contributed by atoms with Crippen LogP contribution in [0.25, 0.3) is 0 Å². The van der Waals surface area contributed by atoms with Crippen molar-refractivity contribution >= 4 is 29.1 Å². The van der Waals surface area contributed by atoms with Crippen LogP contribution >= 0.6 is 23.2 Å². The van der Waals surface area contributed by atoms with Gasteiger partial charge in [-0.15, -0.1) is 0 Å². The summed E-state index contributed by atoms with van der Waals surface area (Å²) in [5.41, 5.74) is 1.06. The van der Waals surface area contributed by atoms with Gasteiger partial charge in [-0.25, -0.2) is 0 Å². The fraction of sp³-hybridized carbons (Fsp3) is 0.562. The van der Waals surface area contributed by atoms with Crippen LogP contribution in [-0.4, -0.2) is 37.5 Å². The number of carbonyl (C=O) groups is 1. The molecule has 2 aliphatic rings. The van der Waals surface area contributed by atoms with Crippen LogP contribution in [0.2, 0.25) is 10.0 Å². The van der Waals surface area contributed by atoms with Crippen LogP contribution in [0, 0.1) is 11.8 Å². The van der Waals surface area contributed by atoms with E-state index < -0.39 is 0 Å². The van der Waals surface area contributed by atoms with E-state index in [1.807, 2.05) is 24.1 Å². The monoisotopic (exact) mass is 326 g/mol. The number of halogens is 2. The molecule has 1 aromatic carbocycles. The number of hydrogen-bond donors (Lipinski definition) is 1. The van der Waals surface area contributed by atoms with Crippen molar-refractivity contribution < 1.29 is 4.79 Å². The number of benzene rings is 1. The molecule has 1 saturated heterocycles. The van der Waals surface area contributed by atoms with Gasteiger partial charge in [-0.1, -0.05) is 29.3 Å². The maximum atomic E-state index is 12.6. The Balaban J connectivity index is 1.61. The van der Waals surface area contributed by atoms with Crippen molar-refractivity contribution in [3.63, 3.8) is 0 Å². The fourth-order valence-electron chi connectivity index (χ4n) is 3.34. The lowest BCUT2D eigenvalue weighted by molar-refractivity contribution is -0.131. The van der Waals surface area contributed by atoms with Gasteiger partial charge in [-0.3, -0.25) is 4.79 Å². The summed E-state index contributed by atoms with van der Waals surface area (Å²) in [6.07, 6.45) is 2.01. The van der Waals surface area contributed by atoms with Gasteiger partial charge in [0.05, 0.1) is 0 Å². The molecule has 3 rings (SSSR count). The second-order valence-electron chi connectivity index (χ2n) is 6.11. The lowest BCUT2D eigenvalue weighted by atomic mass is 10.1. The SMILES string of the molecule is CNC[C@@H]1CCN(C(=O)[C@H]2C[C@@H]2c2ccc(Cl)cc2Cl)C1. The van der Waals surface area contributed by atoms with Crippen LogP contribution in [0.4, 0.5) is 0 Å². The maximum Gasteiger partial charge on any atom is 0.226 e. The van der Waals surface area contributed by atoms with Crippen molar-refractivity contribution in [2.24, 2.45) is 11.8 Å². The standard InChI is InChI=1S/C16H20Cl2N2O/c1-19-8-10-4-5-20(9-10)16(21)14-7-13(14)12-3-2-11(17)6-15(12)18/h2-3,6,10,13-14,19H,4-5,7-9H2,1H3/t10-,13+,14-/m0/s1. The van der Waals surface area contributed by atoms with Crippen LogP contribution in [0.3, 0.4) is 0 Å². The van der Waals surface area contributed by atoms with Gasteiger partial charge < -0.3 is 10.2 Å². The predicted molar refractivity (Wildman–Crippen MR) is 85.9 cm³/mol. The van der Waals surface area contributed by atoms with Gasteiger partial charge in [-0.2, -0.15) is 0 Å². The minimum Gasteiger partial charge on any atom is -0.342 e. The van der Waals surface area contributed by atoms with Crippen molar-refractivity contribution in [2.75, 3.05) is 26.7 Å². The smallest absolute Gasteiger partial charge is 0.226 e. The Bertz CT molecular complexity index is 549. The number of rotatable bonds is 4. The van der Waals surface area contributed by atoms with Gasteiger partial charge >= 0.3 is 0 Å². The molecule has 0 aromatic heterocycles. The molecule has 0 unspecified atom stereocenters. The Morgan fingerprint density at radius 1 is 1.43 bits per heavy atom. The molecular weight excluding hydrogens is 307 g/mol. The number of hydrogen-bond acceptors (Lipinski definition) is 2. The average molecular weight is 327 g/mol. The molecule has 0 radical (unpaired) electrons. The van der Waals surface area contributed by atoms with Gasteiger partial charge in [0.1, 0.15) is 0 Å². The zero-order valence-electron chi connectivity index (χ0n) is 12.1. The number of carbonyl (C=O) groups excluding carboxylic acids is 1. The van der Waals surface area contributed by atoms with Gasteiger partial charge in [-0.05, 0) is 56.0 Å². The summed E-state index contributed by atoms with van der Waals surface area (Å²) < 4.78 is 0. The summed E-state index contributed by atoms with van der Waals surface area (Å²) >= 11 is 12.2. The predicted octanol–water partition coefficient (Wildman–Crippen LogP) is 3.16. The first kappa shape index (κ1) is 15.1. The Morgan fingerprint density at radius 3 is 2.95 bits per heavy atom. The second-order valence-corrected chi connectivity index (χ2v) is 6.95. The molecule has 3 nitrogen and oxygen atoms in total. The molecule has 114 valence electrons. The largest absolute Gasteiger partial charge is 0.342 e. The minimum absolute atomic E-state index is 0.108. The van der Waals surface area contributed by atoms with Crippen molar-refractivity contribution in [3.8, 4) is 0 Å². The molecule has 2 fully saturated rings. The highest BCUT2D eigenvalue weighted by atomic mass is 35.5. The molecule has 1 aromatic rings. The van der Waals surface area contributed by atoms with Gasteiger partial charge in [0.25, 0.3) is 0 Å². The van der Waals surface area contributed by atoms with Gasteiger partial charge in [0.2, 0.25) is 5.91 Å². The van der Waals surface area contributed by atoms with E-state index in [-0.39, 0.29) is 11.8 Å². The summed E-state index contributed by atoms with van der Waals surface area (Å²) in [6, 6.07) is 5.56. The zero-order valence-corrected chi connectivity index (χ0v) is 13.6. The Kier molecular flexibility index (Phi) is 4.43. The van der Waals surface area contributed by atoms with Crippen molar-refractivity contribution in [1.29, 1.82) is 0 Å². The topological polar surface area (TPSA) is 32.3 Å². The van der Waals surface area contributed by atoms with Crippen LogP contribution in [0.1, 0.15) is 24.3 Å². The molecule has 3 atom stereocenters. The summed E-state index contributed by atoms with van der Waals surface area (Å²) in [5.74, 6) is 1.27. The highest BCUT2D eigenvalue weighted by Gasteiger charge is 2.47. The van der Waals surface area contributed by atoms with E-state index in [2.05, 4.69) is 5.32 Å². The van der Waals surface area contributed by atoms with E-state index >= 15 is 0 Å². The van der Waals surface area contributed by atoms with E-state index in [0.29, 0.717) is 21.9 Å². The Labute approximate surface area is 135 Å². The molecule has 0 bridgehead atoms. The highest BCUT2D eigenvalue weighted by molar-refractivity contribution is 6.35. The van der Waals surface area contributed by atoms with E-state index in [9.17, 15) is 4.79 Å². The van der Waals surface area contributed by atoms with Crippen molar-refractivity contribution in [1.82, 2.24) is 10.2 Å². The quantitative estimate of drug-likeness (QED) is 0.921. The molecule has 1 heterocycles. The normalized spacial score (nSPS) is 28.0. The van der Waals surface area contributed by atoms with E-state index in [1.165, 1.54) is 0 Å². The number of nitrogens with one attached hydrogen (secondary N) is 1. The number of likely N-dealkylation sites (tertiary alicyclic amines) is 1. The first-order valence-electron chi connectivity index (χ1n) is 7.48. The van der Waals surface area contributed by atoms with Gasteiger partial charge in [0, 0.05) is 29.1 Å². The van der Waals surface area contributed by atoms with E-state index in [4.69, 9.17) is 23.2 Å². The highest BCUT2D eigenvalue weighted by Crippen LogP contribution is 2.51. The van der Waals surface area contributed by atoms with Crippen LogP contribution in [0.15, 0.2) is 18.2 Å². The Hall–Kier alpha value is -0.770. The molecule has 1 N–H and O–H groups in total. The first-order valence-corrected chi connectivity index (χ1v) is 8.24. The number of amides is 1. The Morgan fingerprint density at radius 2 is 2.24 bits per heavy atom. The molecule has 1 saturated carbocycles. The summed E-state index contributed by atoms with van der Waals surface area (Å²) in [4.78, 5) is 14.6. The third-order valence-electron chi connectivity index (χ3n) is 4.56. The van der Waals surface area contributed by atoms with Crippen LogP contribution in [-0.2, 0) is 4.79 Å². The van der Waals surface area contributed by atoms with Crippen molar-refractivity contribution in [2.45, 2.75) is 18.8 Å². The molecule has 5 heteroatoms. The minimum atomic E-state index is 0.108. The third-order valence-corrected chi connectivity index (χ3v) is 5.12.